The van der Waals surface area contributed by atoms with E-state index in [9.17, 15) is 4.39 Å². The molecular weight excluding hydrogens is 253 g/mol. The van der Waals surface area contributed by atoms with Crippen LogP contribution in [0.5, 0.6) is 5.75 Å². The predicted octanol–water partition coefficient (Wildman–Crippen LogP) is 4.21. The lowest BCUT2D eigenvalue weighted by Crippen LogP contribution is -2.46. The third-order valence-electron chi connectivity index (χ3n) is 4.89. The average molecular weight is 277 g/mol. The summed E-state index contributed by atoms with van der Waals surface area (Å²) < 4.78 is 19.8. The summed E-state index contributed by atoms with van der Waals surface area (Å²) in [4.78, 5) is 0. The number of ether oxygens (including phenoxy) is 1. The summed E-state index contributed by atoms with van der Waals surface area (Å²) in [6, 6.07) is 5.15. The standard InChI is InChI=1S/C17H24FNO/c1-3-19-15-11-17(8-6-12(2)7-9-17)20-16-5-4-13(18)10-14(15)16/h4-5,10,12,15,19H,3,6-9,11H2,1-2H3. The van der Waals surface area contributed by atoms with Gasteiger partial charge in [-0.1, -0.05) is 13.8 Å². The van der Waals surface area contributed by atoms with E-state index in [0.717, 1.165) is 43.0 Å². The van der Waals surface area contributed by atoms with E-state index in [1.54, 1.807) is 12.1 Å². The fourth-order valence-electron chi connectivity index (χ4n) is 3.66. The second-order valence-electron chi connectivity index (χ2n) is 6.46. The number of halogens is 1. The SMILES string of the molecule is CCNC1CC2(CCC(C)CC2)Oc2ccc(F)cc21. The third-order valence-corrected chi connectivity index (χ3v) is 4.89. The minimum absolute atomic E-state index is 0.0375. The molecule has 3 rings (SSSR count). The van der Waals surface area contributed by atoms with Gasteiger partial charge in [-0.2, -0.15) is 0 Å². The van der Waals surface area contributed by atoms with E-state index in [1.807, 2.05) is 0 Å². The van der Waals surface area contributed by atoms with Crippen LogP contribution in [0.4, 0.5) is 4.39 Å². The molecule has 0 bridgehead atoms. The zero-order valence-corrected chi connectivity index (χ0v) is 12.4. The van der Waals surface area contributed by atoms with Crippen molar-refractivity contribution in [1.82, 2.24) is 5.32 Å². The van der Waals surface area contributed by atoms with Gasteiger partial charge >= 0.3 is 0 Å². The fourth-order valence-corrected chi connectivity index (χ4v) is 3.66. The smallest absolute Gasteiger partial charge is 0.125 e. The van der Waals surface area contributed by atoms with Gasteiger partial charge in [-0.25, -0.2) is 4.39 Å². The quantitative estimate of drug-likeness (QED) is 0.874. The van der Waals surface area contributed by atoms with Gasteiger partial charge in [0.25, 0.3) is 0 Å². The topological polar surface area (TPSA) is 21.3 Å². The van der Waals surface area contributed by atoms with Crippen LogP contribution in [0.2, 0.25) is 0 Å². The summed E-state index contributed by atoms with van der Waals surface area (Å²) in [5.74, 6) is 1.50. The molecule has 3 heteroatoms. The Morgan fingerprint density at radius 3 is 2.80 bits per heavy atom. The van der Waals surface area contributed by atoms with Crippen molar-refractivity contribution in [3.63, 3.8) is 0 Å². The van der Waals surface area contributed by atoms with Crippen LogP contribution >= 0.6 is 0 Å². The summed E-state index contributed by atoms with van der Waals surface area (Å²) in [5.41, 5.74) is 0.945. The highest BCUT2D eigenvalue weighted by atomic mass is 19.1. The molecule has 20 heavy (non-hydrogen) atoms. The number of fused-ring (bicyclic) bond motifs is 1. The average Bonchev–Trinajstić information content (AvgIpc) is 2.44. The summed E-state index contributed by atoms with van der Waals surface area (Å²) in [6.07, 6.45) is 5.66. The Morgan fingerprint density at radius 2 is 2.10 bits per heavy atom. The fraction of sp³-hybridized carbons (Fsp3) is 0.647. The number of rotatable bonds is 2. The number of nitrogens with one attached hydrogen (secondary N) is 1. The van der Waals surface area contributed by atoms with E-state index < -0.39 is 0 Å². The van der Waals surface area contributed by atoms with Gasteiger partial charge in [0.2, 0.25) is 0 Å². The lowest BCUT2D eigenvalue weighted by atomic mass is 9.74. The van der Waals surface area contributed by atoms with Gasteiger partial charge in [0, 0.05) is 18.0 Å². The second-order valence-corrected chi connectivity index (χ2v) is 6.46. The van der Waals surface area contributed by atoms with Crippen molar-refractivity contribution < 1.29 is 9.13 Å². The van der Waals surface area contributed by atoms with Gasteiger partial charge in [-0.15, -0.1) is 0 Å². The minimum Gasteiger partial charge on any atom is -0.487 e. The minimum atomic E-state index is -0.177. The van der Waals surface area contributed by atoms with Gasteiger partial charge in [-0.3, -0.25) is 0 Å². The Labute approximate surface area is 120 Å². The molecular formula is C17H24FNO. The molecule has 0 radical (unpaired) electrons. The predicted molar refractivity (Wildman–Crippen MR) is 78.4 cm³/mol. The van der Waals surface area contributed by atoms with E-state index >= 15 is 0 Å². The third kappa shape index (κ3) is 2.56. The van der Waals surface area contributed by atoms with Crippen molar-refractivity contribution >= 4 is 0 Å². The van der Waals surface area contributed by atoms with Crippen LogP contribution in [0.1, 0.15) is 57.6 Å². The van der Waals surface area contributed by atoms with Gasteiger partial charge in [0.1, 0.15) is 17.2 Å². The summed E-state index contributed by atoms with van der Waals surface area (Å²) in [5, 5.41) is 3.50. The molecule has 0 saturated heterocycles. The Bertz CT molecular complexity index is 480. The zero-order chi connectivity index (χ0) is 14.2. The van der Waals surface area contributed by atoms with Crippen LogP contribution in [0.15, 0.2) is 18.2 Å². The molecule has 1 unspecified atom stereocenters. The first-order valence-electron chi connectivity index (χ1n) is 7.84. The van der Waals surface area contributed by atoms with Gasteiger partial charge < -0.3 is 10.1 Å². The maximum atomic E-state index is 13.5. The maximum Gasteiger partial charge on any atom is 0.125 e. The van der Waals surface area contributed by atoms with Gasteiger partial charge in [-0.05, 0) is 56.3 Å². The Balaban J connectivity index is 1.90. The Kier molecular flexibility index (Phi) is 3.72. The Morgan fingerprint density at radius 1 is 1.35 bits per heavy atom. The summed E-state index contributed by atoms with van der Waals surface area (Å²) in [7, 11) is 0. The molecule has 2 nitrogen and oxygen atoms in total. The zero-order valence-electron chi connectivity index (χ0n) is 12.4. The summed E-state index contributed by atoms with van der Waals surface area (Å²) in [6.45, 7) is 5.32. The molecule has 1 heterocycles. The molecule has 1 saturated carbocycles. The van der Waals surface area contributed by atoms with Crippen molar-refractivity contribution in [2.45, 2.75) is 57.6 Å². The maximum absolute atomic E-state index is 13.5. The van der Waals surface area contributed by atoms with Crippen molar-refractivity contribution in [2.75, 3.05) is 6.54 Å². The van der Waals surface area contributed by atoms with E-state index in [0.29, 0.717) is 0 Å². The van der Waals surface area contributed by atoms with Crippen LogP contribution in [0.3, 0.4) is 0 Å². The van der Waals surface area contributed by atoms with Crippen LogP contribution in [-0.4, -0.2) is 12.1 Å². The van der Waals surface area contributed by atoms with Gasteiger partial charge in [0.05, 0.1) is 0 Å². The van der Waals surface area contributed by atoms with Crippen molar-refractivity contribution in [3.05, 3.63) is 29.6 Å². The first-order valence-corrected chi connectivity index (χ1v) is 7.84. The molecule has 110 valence electrons. The molecule has 1 aromatic rings. The molecule has 0 amide bonds. The van der Waals surface area contributed by atoms with Crippen molar-refractivity contribution in [1.29, 1.82) is 0 Å². The lowest BCUT2D eigenvalue weighted by molar-refractivity contribution is -0.0127. The molecule has 1 atom stereocenters. The molecule has 1 aromatic carbocycles. The lowest BCUT2D eigenvalue weighted by Gasteiger charge is -2.46. The molecule has 0 aromatic heterocycles. The monoisotopic (exact) mass is 277 g/mol. The van der Waals surface area contributed by atoms with Crippen LogP contribution in [0.25, 0.3) is 0 Å². The van der Waals surface area contributed by atoms with E-state index in [2.05, 4.69) is 19.2 Å². The van der Waals surface area contributed by atoms with E-state index in [-0.39, 0.29) is 17.5 Å². The number of benzene rings is 1. The number of hydrogen-bond donors (Lipinski definition) is 1. The summed E-state index contributed by atoms with van der Waals surface area (Å²) >= 11 is 0. The molecule has 1 aliphatic heterocycles. The molecule has 2 aliphatic rings. The Hall–Kier alpha value is -1.09. The normalized spacial score (nSPS) is 32.8. The van der Waals surface area contributed by atoms with Crippen molar-refractivity contribution in [2.24, 2.45) is 5.92 Å². The highest BCUT2D eigenvalue weighted by molar-refractivity contribution is 5.39. The molecule has 1 aliphatic carbocycles. The first kappa shape index (κ1) is 13.9. The molecule has 1 fully saturated rings. The van der Waals surface area contributed by atoms with Crippen molar-refractivity contribution in [3.8, 4) is 5.75 Å². The van der Waals surface area contributed by atoms with Crippen LogP contribution in [0, 0.1) is 11.7 Å². The second kappa shape index (κ2) is 5.36. The largest absolute Gasteiger partial charge is 0.487 e. The molecule has 1 spiro atoms. The molecule has 1 N–H and O–H groups in total. The van der Waals surface area contributed by atoms with E-state index in [1.165, 1.54) is 18.9 Å². The highest BCUT2D eigenvalue weighted by Crippen LogP contribution is 2.47. The van der Waals surface area contributed by atoms with Crippen LogP contribution < -0.4 is 10.1 Å². The first-order chi connectivity index (χ1) is 9.62. The number of hydrogen-bond acceptors (Lipinski definition) is 2. The van der Waals surface area contributed by atoms with Crippen LogP contribution in [-0.2, 0) is 0 Å². The highest BCUT2D eigenvalue weighted by Gasteiger charge is 2.42. The van der Waals surface area contributed by atoms with E-state index in [4.69, 9.17) is 4.74 Å². The van der Waals surface area contributed by atoms with Gasteiger partial charge in [0.15, 0.2) is 0 Å².